The normalized spacial score (nSPS) is 27.6. The third-order valence-corrected chi connectivity index (χ3v) is 3.80. The van der Waals surface area contributed by atoms with Gasteiger partial charge in [-0.2, -0.15) is 9.61 Å². The summed E-state index contributed by atoms with van der Waals surface area (Å²) < 4.78 is 1.29. The van der Waals surface area contributed by atoms with Gasteiger partial charge in [-0.1, -0.05) is 13.8 Å². The van der Waals surface area contributed by atoms with E-state index in [0.717, 1.165) is 30.5 Å². The molecule has 6 heteroatoms. The predicted octanol–water partition coefficient (Wildman–Crippen LogP) is 1.65. The standard InChI is InChI=1S/C13H19N5O/c1-8-5-9(2)7-10(6-8)14-11-3-4-12-15-16-13(19)18(12)17-11/h3-4,8-10H,5-7H2,1-2H3,(H,14,17)(H,16,19). The summed E-state index contributed by atoms with van der Waals surface area (Å²) >= 11 is 0. The molecule has 3 rings (SSSR count). The highest BCUT2D eigenvalue weighted by Crippen LogP contribution is 2.30. The summed E-state index contributed by atoms with van der Waals surface area (Å²) in [4.78, 5) is 11.5. The van der Waals surface area contributed by atoms with Crippen LogP contribution in [0.1, 0.15) is 33.1 Å². The molecule has 0 bridgehead atoms. The Kier molecular flexibility index (Phi) is 3.00. The summed E-state index contributed by atoms with van der Waals surface area (Å²) in [5.41, 5.74) is 0.241. The second-order valence-corrected chi connectivity index (χ2v) is 5.78. The van der Waals surface area contributed by atoms with Crippen molar-refractivity contribution < 1.29 is 0 Å². The zero-order valence-corrected chi connectivity index (χ0v) is 11.3. The molecule has 19 heavy (non-hydrogen) atoms. The van der Waals surface area contributed by atoms with Crippen LogP contribution in [0.5, 0.6) is 0 Å². The Morgan fingerprint density at radius 3 is 2.74 bits per heavy atom. The molecule has 2 heterocycles. The fourth-order valence-electron chi connectivity index (χ4n) is 3.15. The molecule has 2 aromatic rings. The second-order valence-electron chi connectivity index (χ2n) is 5.78. The van der Waals surface area contributed by atoms with Gasteiger partial charge in [-0.3, -0.25) is 0 Å². The van der Waals surface area contributed by atoms with Crippen molar-refractivity contribution in [3.8, 4) is 0 Å². The van der Waals surface area contributed by atoms with E-state index in [9.17, 15) is 4.79 Å². The van der Waals surface area contributed by atoms with Gasteiger partial charge in [0.15, 0.2) is 5.65 Å². The van der Waals surface area contributed by atoms with E-state index in [-0.39, 0.29) is 5.69 Å². The minimum atomic E-state index is -0.302. The Morgan fingerprint density at radius 1 is 1.26 bits per heavy atom. The highest BCUT2D eigenvalue weighted by atomic mass is 16.2. The topological polar surface area (TPSA) is 75.1 Å². The average Bonchev–Trinajstić information content (AvgIpc) is 2.70. The number of H-pyrrole nitrogens is 1. The van der Waals surface area contributed by atoms with Gasteiger partial charge >= 0.3 is 5.69 Å². The molecule has 6 nitrogen and oxygen atoms in total. The molecule has 2 aromatic heterocycles. The highest BCUT2D eigenvalue weighted by Gasteiger charge is 2.24. The van der Waals surface area contributed by atoms with Gasteiger partial charge < -0.3 is 5.32 Å². The fraction of sp³-hybridized carbons (Fsp3) is 0.615. The Morgan fingerprint density at radius 2 is 2.00 bits per heavy atom. The van der Waals surface area contributed by atoms with E-state index >= 15 is 0 Å². The maximum atomic E-state index is 11.5. The van der Waals surface area contributed by atoms with Crippen molar-refractivity contribution in [2.45, 2.75) is 39.2 Å². The molecule has 1 aliphatic carbocycles. The molecule has 2 N–H and O–H groups in total. The molecule has 2 unspecified atom stereocenters. The smallest absolute Gasteiger partial charge is 0.364 e. The first-order valence-corrected chi connectivity index (χ1v) is 6.83. The lowest BCUT2D eigenvalue weighted by Gasteiger charge is -2.32. The van der Waals surface area contributed by atoms with Crippen LogP contribution in [-0.2, 0) is 0 Å². The quantitative estimate of drug-likeness (QED) is 0.862. The lowest BCUT2D eigenvalue weighted by Crippen LogP contribution is -2.30. The number of hydrogen-bond acceptors (Lipinski definition) is 4. The monoisotopic (exact) mass is 261 g/mol. The van der Waals surface area contributed by atoms with Crippen LogP contribution in [0, 0.1) is 11.8 Å². The Balaban J connectivity index is 1.80. The van der Waals surface area contributed by atoms with E-state index in [4.69, 9.17) is 0 Å². The van der Waals surface area contributed by atoms with E-state index in [2.05, 4.69) is 34.5 Å². The molecule has 1 fully saturated rings. The van der Waals surface area contributed by atoms with Crippen molar-refractivity contribution in [1.29, 1.82) is 0 Å². The molecular weight excluding hydrogens is 242 g/mol. The maximum Gasteiger partial charge on any atom is 0.364 e. The van der Waals surface area contributed by atoms with Gasteiger partial charge in [0.25, 0.3) is 0 Å². The lowest BCUT2D eigenvalue weighted by atomic mass is 9.80. The number of nitrogens with one attached hydrogen (secondary N) is 2. The Labute approximate surface area is 111 Å². The van der Waals surface area contributed by atoms with Crippen LogP contribution in [0.25, 0.3) is 5.65 Å². The summed E-state index contributed by atoms with van der Waals surface area (Å²) in [5.74, 6) is 2.21. The molecule has 0 aliphatic heterocycles. The van der Waals surface area contributed by atoms with E-state index < -0.39 is 0 Å². The second kappa shape index (κ2) is 4.68. The van der Waals surface area contributed by atoms with Crippen molar-refractivity contribution in [1.82, 2.24) is 19.8 Å². The van der Waals surface area contributed by atoms with Crippen LogP contribution in [0.2, 0.25) is 0 Å². The van der Waals surface area contributed by atoms with Crippen molar-refractivity contribution in [3.05, 3.63) is 22.6 Å². The van der Waals surface area contributed by atoms with Gasteiger partial charge in [-0.25, -0.2) is 9.89 Å². The van der Waals surface area contributed by atoms with Crippen molar-refractivity contribution in [3.63, 3.8) is 0 Å². The van der Waals surface area contributed by atoms with E-state index in [0.29, 0.717) is 11.7 Å². The van der Waals surface area contributed by atoms with Gasteiger partial charge in [-0.15, -0.1) is 5.10 Å². The molecule has 0 spiro atoms. The first-order valence-electron chi connectivity index (χ1n) is 6.83. The fourth-order valence-corrected chi connectivity index (χ4v) is 3.15. The number of aromatic amines is 1. The molecule has 2 atom stereocenters. The summed E-state index contributed by atoms with van der Waals surface area (Å²) in [6.07, 6.45) is 3.61. The number of hydrogen-bond donors (Lipinski definition) is 2. The van der Waals surface area contributed by atoms with Crippen molar-refractivity contribution in [2.75, 3.05) is 5.32 Å². The third-order valence-electron chi connectivity index (χ3n) is 3.80. The highest BCUT2D eigenvalue weighted by molar-refractivity contribution is 5.43. The van der Waals surface area contributed by atoms with Gasteiger partial charge in [0.2, 0.25) is 0 Å². The van der Waals surface area contributed by atoms with Crippen LogP contribution in [0.15, 0.2) is 16.9 Å². The minimum Gasteiger partial charge on any atom is -0.366 e. The first-order chi connectivity index (χ1) is 9.11. The lowest BCUT2D eigenvalue weighted by molar-refractivity contribution is 0.280. The average molecular weight is 261 g/mol. The van der Waals surface area contributed by atoms with Crippen LogP contribution in [0.3, 0.4) is 0 Å². The first kappa shape index (κ1) is 12.2. The summed E-state index contributed by atoms with van der Waals surface area (Å²) in [5, 5.41) is 14.0. The predicted molar refractivity (Wildman–Crippen MR) is 73.2 cm³/mol. The zero-order chi connectivity index (χ0) is 13.4. The minimum absolute atomic E-state index is 0.302. The molecule has 0 saturated heterocycles. The van der Waals surface area contributed by atoms with Crippen LogP contribution in [-0.4, -0.2) is 25.9 Å². The molecule has 102 valence electrons. The van der Waals surface area contributed by atoms with Crippen LogP contribution >= 0.6 is 0 Å². The molecule has 1 saturated carbocycles. The summed E-state index contributed by atoms with van der Waals surface area (Å²) in [6, 6.07) is 4.11. The van der Waals surface area contributed by atoms with E-state index in [1.54, 1.807) is 6.07 Å². The number of rotatable bonds is 2. The molecular formula is C13H19N5O. The van der Waals surface area contributed by atoms with Crippen molar-refractivity contribution in [2.24, 2.45) is 11.8 Å². The largest absolute Gasteiger partial charge is 0.366 e. The zero-order valence-electron chi connectivity index (χ0n) is 11.3. The van der Waals surface area contributed by atoms with E-state index in [1.807, 2.05) is 6.07 Å². The summed E-state index contributed by atoms with van der Waals surface area (Å²) in [7, 11) is 0. The number of fused-ring (bicyclic) bond motifs is 1. The van der Waals surface area contributed by atoms with Crippen LogP contribution in [0.4, 0.5) is 5.82 Å². The number of aromatic nitrogens is 4. The molecule has 1 aliphatic rings. The van der Waals surface area contributed by atoms with Crippen LogP contribution < -0.4 is 11.0 Å². The molecule has 0 amide bonds. The van der Waals surface area contributed by atoms with Crippen molar-refractivity contribution >= 4 is 11.5 Å². The number of anilines is 1. The number of nitrogens with zero attached hydrogens (tertiary/aromatic N) is 3. The third kappa shape index (κ3) is 2.47. The molecule has 0 radical (unpaired) electrons. The summed E-state index contributed by atoms with van der Waals surface area (Å²) in [6.45, 7) is 4.59. The van der Waals surface area contributed by atoms with E-state index in [1.165, 1.54) is 10.9 Å². The van der Waals surface area contributed by atoms with Gasteiger partial charge in [-0.05, 0) is 43.2 Å². The Bertz CT molecular complexity index is 621. The van der Waals surface area contributed by atoms with Gasteiger partial charge in [0.1, 0.15) is 5.82 Å². The maximum absolute atomic E-state index is 11.5. The SMILES string of the molecule is CC1CC(C)CC(Nc2ccc3n[nH]c(=O)n3n2)C1. The van der Waals surface area contributed by atoms with Gasteiger partial charge in [0.05, 0.1) is 0 Å². The molecule has 0 aromatic carbocycles. The van der Waals surface area contributed by atoms with Gasteiger partial charge in [0, 0.05) is 6.04 Å². The Hall–Kier alpha value is -1.85.